The van der Waals surface area contributed by atoms with Crippen LogP contribution in [0.1, 0.15) is 28.4 Å². The fourth-order valence-electron chi connectivity index (χ4n) is 2.16. The first kappa shape index (κ1) is 14.6. The molecule has 4 nitrogen and oxygen atoms in total. The van der Waals surface area contributed by atoms with Gasteiger partial charge in [0.05, 0.1) is 17.3 Å². The number of amides is 1. The number of nitrogens with zero attached hydrogens (tertiary/aromatic N) is 2. The van der Waals surface area contributed by atoms with Gasteiger partial charge < -0.3 is 10.0 Å². The van der Waals surface area contributed by atoms with E-state index in [1.165, 1.54) is 0 Å². The summed E-state index contributed by atoms with van der Waals surface area (Å²) in [7, 11) is 0. The molecule has 0 radical (unpaired) electrons. The monoisotopic (exact) mass is 280 g/mol. The van der Waals surface area contributed by atoms with Crippen LogP contribution in [0.5, 0.6) is 5.75 Å². The SMILES string of the molecule is CCN(C(=O)c1ccc(C#N)cc1)c1cc(O)ccc1C. The van der Waals surface area contributed by atoms with Gasteiger partial charge >= 0.3 is 0 Å². The van der Waals surface area contributed by atoms with E-state index in [0.29, 0.717) is 23.4 Å². The van der Waals surface area contributed by atoms with Crippen LogP contribution in [-0.4, -0.2) is 17.6 Å². The fourth-order valence-corrected chi connectivity index (χ4v) is 2.16. The highest BCUT2D eigenvalue weighted by Gasteiger charge is 2.18. The van der Waals surface area contributed by atoms with E-state index in [-0.39, 0.29) is 11.7 Å². The normalized spacial score (nSPS) is 9.95. The standard InChI is InChI=1S/C17H16N2O2/c1-3-19(16-10-15(20)9-4-12(16)2)17(21)14-7-5-13(11-18)6-8-14/h4-10,20H,3H2,1-2H3. The number of carbonyl (C=O) groups is 1. The van der Waals surface area contributed by atoms with Gasteiger partial charge in [-0.3, -0.25) is 4.79 Å². The van der Waals surface area contributed by atoms with Crippen LogP contribution in [0, 0.1) is 18.3 Å². The van der Waals surface area contributed by atoms with Gasteiger partial charge in [-0.1, -0.05) is 6.07 Å². The van der Waals surface area contributed by atoms with Crippen molar-refractivity contribution in [3.63, 3.8) is 0 Å². The molecule has 2 aromatic rings. The van der Waals surface area contributed by atoms with Crippen molar-refractivity contribution < 1.29 is 9.90 Å². The van der Waals surface area contributed by atoms with E-state index in [2.05, 4.69) is 0 Å². The van der Waals surface area contributed by atoms with Gasteiger partial charge in [-0.2, -0.15) is 5.26 Å². The molecule has 0 aliphatic heterocycles. The fraction of sp³-hybridized carbons (Fsp3) is 0.176. The molecule has 106 valence electrons. The molecule has 1 N–H and O–H groups in total. The molecular weight excluding hydrogens is 264 g/mol. The number of nitriles is 1. The minimum atomic E-state index is -0.157. The average molecular weight is 280 g/mol. The second-order valence-electron chi connectivity index (χ2n) is 4.71. The van der Waals surface area contributed by atoms with E-state index < -0.39 is 0 Å². The molecule has 4 heteroatoms. The van der Waals surface area contributed by atoms with Gasteiger partial charge in [0.2, 0.25) is 0 Å². The molecule has 0 spiro atoms. The maximum Gasteiger partial charge on any atom is 0.258 e. The van der Waals surface area contributed by atoms with Crippen molar-refractivity contribution in [1.29, 1.82) is 5.26 Å². The minimum absolute atomic E-state index is 0.127. The Kier molecular flexibility index (Phi) is 4.24. The van der Waals surface area contributed by atoms with E-state index in [0.717, 1.165) is 5.56 Å². The Morgan fingerprint density at radius 2 is 1.90 bits per heavy atom. The van der Waals surface area contributed by atoms with Crippen molar-refractivity contribution in [2.24, 2.45) is 0 Å². The summed E-state index contributed by atoms with van der Waals surface area (Å²) in [6.45, 7) is 4.26. The van der Waals surface area contributed by atoms with E-state index in [1.807, 2.05) is 19.9 Å². The molecule has 21 heavy (non-hydrogen) atoms. The Hall–Kier alpha value is -2.80. The first-order chi connectivity index (χ1) is 10.1. The molecule has 0 bridgehead atoms. The van der Waals surface area contributed by atoms with Gasteiger partial charge in [0.1, 0.15) is 5.75 Å². The zero-order valence-electron chi connectivity index (χ0n) is 12.0. The number of aryl methyl sites for hydroxylation is 1. The van der Waals surface area contributed by atoms with Crippen LogP contribution in [0.2, 0.25) is 0 Å². The number of anilines is 1. The van der Waals surface area contributed by atoms with Crippen LogP contribution in [0.3, 0.4) is 0 Å². The van der Waals surface area contributed by atoms with Crippen LogP contribution in [0.25, 0.3) is 0 Å². The second-order valence-corrected chi connectivity index (χ2v) is 4.71. The Bertz CT molecular complexity index is 700. The smallest absolute Gasteiger partial charge is 0.258 e. The summed E-state index contributed by atoms with van der Waals surface area (Å²) in [5, 5.41) is 18.4. The number of rotatable bonds is 3. The van der Waals surface area contributed by atoms with E-state index in [1.54, 1.807) is 47.4 Å². The number of phenols is 1. The molecule has 0 saturated carbocycles. The van der Waals surface area contributed by atoms with Crippen LogP contribution in [0.4, 0.5) is 5.69 Å². The Morgan fingerprint density at radius 3 is 2.48 bits per heavy atom. The van der Waals surface area contributed by atoms with Crippen LogP contribution in [0.15, 0.2) is 42.5 Å². The summed E-state index contributed by atoms with van der Waals surface area (Å²) < 4.78 is 0. The molecule has 0 aliphatic carbocycles. The number of aromatic hydroxyl groups is 1. The molecular formula is C17H16N2O2. The van der Waals surface area contributed by atoms with Gasteiger partial charge in [0, 0.05) is 18.2 Å². The lowest BCUT2D eigenvalue weighted by Gasteiger charge is -2.23. The first-order valence-electron chi connectivity index (χ1n) is 6.68. The summed E-state index contributed by atoms with van der Waals surface area (Å²) in [6, 6.07) is 13.5. The zero-order valence-corrected chi connectivity index (χ0v) is 12.0. The van der Waals surface area contributed by atoms with Crippen molar-refractivity contribution in [3.8, 4) is 11.8 Å². The zero-order chi connectivity index (χ0) is 15.4. The Balaban J connectivity index is 2.38. The lowest BCUT2D eigenvalue weighted by atomic mass is 10.1. The topological polar surface area (TPSA) is 64.3 Å². The molecule has 0 aliphatic rings. The molecule has 0 heterocycles. The Morgan fingerprint density at radius 1 is 1.24 bits per heavy atom. The first-order valence-corrected chi connectivity index (χ1v) is 6.68. The van der Waals surface area contributed by atoms with Gasteiger partial charge in [0.15, 0.2) is 0 Å². The second kappa shape index (κ2) is 6.10. The highest BCUT2D eigenvalue weighted by Crippen LogP contribution is 2.26. The third-order valence-electron chi connectivity index (χ3n) is 3.31. The summed E-state index contributed by atoms with van der Waals surface area (Å²) in [6.07, 6.45) is 0. The molecule has 1 amide bonds. The maximum absolute atomic E-state index is 12.6. The Labute approximate surface area is 123 Å². The van der Waals surface area contributed by atoms with Crippen LogP contribution in [-0.2, 0) is 0 Å². The van der Waals surface area contributed by atoms with Crippen molar-refractivity contribution in [1.82, 2.24) is 0 Å². The number of hydrogen-bond acceptors (Lipinski definition) is 3. The van der Waals surface area contributed by atoms with Crippen molar-refractivity contribution in [2.45, 2.75) is 13.8 Å². The summed E-state index contributed by atoms with van der Waals surface area (Å²) in [4.78, 5) is 14.2. The number of hydrogen-bond donors (Lipinski definition) is 1. The molecule has 2 aromatic carbocycles. The van der Waals surface area contributed by atoms with Crippen molar-refractivity contribution >= 4 is 11.6 Å². The summed E-state index contributed by atoms with van der Waals surface area (Å²) in [5.41, 5.74) is 2.63. The molecule has 0 aromatic heterocycles. The quantitative estimate of drug-likeness (QED) is 0.938. The van der Waals surface area contributed by atoms with E-state index in [9.17, 15) is 9.90 Å². The molecule has 2 rings (SSSR count). The lowest BCUT2D eigenvalue weighted by molar-refractivity contribution is 0.0988. The molecule has 0 atom stereocenters. The van der Waals surface area contributed by atoms with E-state index in [4.69, 9.17) is 5.26 Å². The predicted octanol–water partition coefficient (Wildman–Crippen LogP) is 3.24. The average Bonchev–Trinajstić information content (AvgIpc) is 2.51. The maximum atomic E-state index is 12.6. The summed E-state index contributed by atoms with van der Waals surface area (Å²) in [5.74, 6) is -0.0302. The van der Waals surface area contributed by atoms with Gasteiger partial charge in [-0.25, -0.2) is 0 Å². The van der Waals surface area contributed by atoms with Gasteiger partial charge in [-0.05, 0) is 49.7 Å². The van der Waals surface area contributed by atoms with Crippen LogP contribution < -0.4 is 4.90 Å². The number of carbonyl (C=O) groups excluding carboxylic acids is 1. The van der Waals surface area contributed by atoms with E-state index >= 15 is 0 Å². The highest BCUT2D eigenvalue weighted by molar-refractivity contribution is 6.06. The van der Waals surface area contributed by atoms with Gasteiger partial charge in [-0.15, -0.1) is 0 Å². The number of benzene rings is 2. The van der Waals surface area contributed by atoms with Gasteiger partial charge in [0.25, 0.3) is 5.91 Å². The van der Waals surface area contributed by atoms with Crippen molar-refractivity contribution in [3.05, 3.63) is 59.2 Å². The lowest BCUT2D eigenvalue weighted by Crippen LogP contribution is -2.31. The molecule has 0 saturated heterocycles. The van der Waals surface area contributed by atoms with Crippen LogP contribution >= 0.6 is 0 Å². The number of phenolic OH excluding ortho intramolecular Hbond substituents is 1. The third-order valence-corrected chi connectivity index (χ3v) is 3.31. The predicted molar refractivity (Wildman–Crippen MR) is 81.4 cm³/mol. The third kappa shape index (κ3) is 3.03. The summed E-state index contributed by atoms with van der Waals surface area (Å²) >= 11 is 0. The van der Waals surface area contributed by atoms with Crippen molar-refractivity contribution in [2.75, 3.05) is 11.4 Å². The largest absolute Gasteiger partial charge is 0.508 e. The molecule has 0 fully saturated rings. The minimum Gasteiger partial charge on any atom is -0.508 e. The highest BCUT2D eigenvalue weighted by atomic mass is 16.3. The molecule has 0 unspecified atom stereocenters.